The van der Waals surface area contributed by atoms with E-state index in [9.17, 15) is 13.6 Å². The highest BCUT2D eigenvalue weighted by molar-refractivity contribution is 5.84. The van der Waals surface area contributed by atoms with Gasteiger partial charge >= 0.3 is 5.97 Å². The minimum absolute atomic E-state index is 0.168. The molecule has 0 aromatic heterocycles. The zero-order chi connectivity index (χ0) is 11.2. The fourth-order valence-electron chi connectivity index (χ4n) is 1.69. The van der Waals surface area contributed by atoms with Crippen molar-refractivity contribution in [3.05, 3.63) is 35.4 Å². The molecule has 3 nitrogen and oxygen atoms in total. The summed E-state index contributed by atoms with van der Waals surface area (Å²) in [5, 5.41) is 8.77. The number of carboxylic acid groups (broad SMARTS) is 1. The largest absolute Gasteiger partial charge is 0.480 e. The van der Waals surface area contributed by atoms with E-state index in [0.29, 0.717) is 0 Å². The molecular weight excluding hydrogens is 204 g/mol. The van der Waals surface area contributed by atoms with Gasteiger partial charge in [0.1, 0.15) is 17.2 Å². The highest BCUT2D eigenvalue weighted by Gasteiger charge is 2.59. The van der Waals surface area contributed by atoms with Crippen molar-refractivity contribution in [2.75, 3.05) is 0 Å². The van der Waals surface area contributed by atoms with E-state index >= 15 is 0 Å². The van der Waals surface area contributed by atoms with E-state index in [0.717, 1.165) is 12.1 Å². The normalized spacial score (nSPS) is 28.9. The van der Waals surface area contributed by atoms with Crippen LogP contribution in [-0.4, -0.2) is 16.6 Å². The second-order valence-electron chi connectivity index (χ2n) is 3.77. The number of nitrogens with two attached hydrogens (primary N) is 1. The molecule has 5 heteroatoms. The molecule has 0 unspecified atom stereocenters. The highest BCUT2D eigenvalue weighted by atomic mass is 19.1. The Morgan fingerprint density at radius 3 is 2.67 bits per heavy atom. The number of carbonyl (C=O) groups is 1. The average Bonchev–Trinajstić information content (AvgIpc) is 2.79. The first-order valence-electron chi connectivity index (χ1n) is 4.42. The van der Waals surface area contributed by atoms with Crippen LogP contribution in [0.1, 0.15) is 17.9 Å². The Labute approximate surface area is 84.5 Å². The van der Waals surface area contributed by atoms with Gasteiger partial charge in [0.05, 0.1) is 0 Å². The Balaban J connectivity index is 2.31. The molecule has 0 heterocycles. The van der Waals surface area contributed by atoms with E-state index in [1.165, 1.54) is 6.07 Å². The van der Waals surface area contributed by atoms with Crippen LogP contribution in [-0.2, 0) is 4.79 Å². The van der Waals surface area contributed by atoms with Crippen LogP contribution in [0, 0.1) is 11.6 Å². The summed E-state index contributed by atoms with van der Waals surface area (Å²) in [7, 11) is 0. The van der Waals surface area contributed by atoms with Crippen molar-refractivity contribution < 1.29 is 18.7 Å². The molecule has 1 aliphatic carbocycles. The first-order valence-corrected chi connectivity index (χ1v) is 4.42. The van der Waals surface area contributed by atoms with Gasteiger partial charge in [0.2, 0.25) is 0 Å². The summed E-state index contributed by atoms with van der Waals surface area (Å²) in [5.41, 5.74) is 4.29. The molecule has 2 atom stereocenters. The Kier molecular flexibility index (Phi) is 2.01. The second kappa shape index (κ2) is 3.00. The van der Waals surface area contributed by atoms with Crippen molar-refractivity contribution in [3.63, 3.8) is 0 Å². The van der Waals surface area contributed by atoms with E-state index in [2.05, 4.69) is 0 Å². The summed E-state index contributed by atoms with van der Waals surface area (Å²) in [6.07, 6.45) is 0.185. The lowest BCUT2D eigenvalue weighted by molar-refractivity contribution is -0.139. The maximum atomic E-state index is 13.3. The van der Waals surface area contributed by atoms with Crippen LogP contribution in [0.4, 0.5) is 8.78 Å². The Morgan fingerprint density at radius 2 is 2.20 bits per heavy atom. The quantitative estimate of drug-likeness (QED) is 0.776. The number of rotatable bonds is 2. The first kappa shape index (κ1) is 10.0. The molecule has 15 heavy (non-hydrogen) atoms. The van der Waals surface area contributed by atoms with Crippen molar-refractivity contribution in [1.82, 2.24) is 0 Å². The predicted molar refractivity (Wildman–Crippen MR) is 48.3 cm³/mol. The van der Waals surface area contributed by atoms with Gasteiger partial charge in [-0.15, -0.1) is 0 Å². The molecule has 80 valence electrons. The van der Waals surface area contributed by atoms with Gasteiger partial charge in [0, 0.05) is 12.0 Å². The molecule has 0 saturated heterocycles. The Hall–Kier alpha value is -1.49. The molecule has 1 fully saturated rings. The van der Waals surface area contributed by atoms with Gasteiger partial charge in [-0.2, -0.15) is 0 Å². The van der Waals surface area contributed by atoms with Crippen LogP contribution in [0.15, 0.2) is 18.2 Å². The fourth-order valence-corrected chi connectivity index (χ4v) is 1.69. The van der Waals surface area contributed by atoms with Crippen molar-refractivity contribution in [1.29, 1.82) is 0 Å². The van der Waals surface area contributed by atoms with E-state index < -0.39 is 29.1 Å². The number of carboxylic acids is 1. The lowest BCUT2D eigenvalue weighted by Gasteiger charge is -2.06. The summed E-state index contributed by atoms with van der Waals surface area (Å²) in [4.78, 5) is 10.7. The molecule has 2 rings (SSSR count). The fraction of sp³-hybridized carbons (Fsp3) is 0.300. The average molecular weight is 213 g/mol. The summed E-state index contributed by atoms with van der Waals surface area (Å²) >= 11 is 0. The summed E-state index contributed by atoms with van der Waals surface area (Å²) in [5.74, 6) is -3.14. The summed E-state index contributed by atoms with van der Waals surface area (Å²) in [6.45, 7) is 0. The number of halogens is 2. The van der Waals surface area contributed by atoms with Gasteiger partial charge in [0.25, 0.3) is 0 Å². The minimum atomic E-state index is -1.39. The molecule has 1 aliphatic rings. The molecule has 0 radical (unpaired) electrons. The number of benzene rings is 1. The molecule has 1 aromatic rings. The Bertz CT molecular complexity index is 435. The van der Waals surface area contributed by atoms with Gasteiger partial charge in [-0.3, -0.25) is 4.79 Å². The first-order chi connectivity index (χ1) is 6.95. The van der Waals surface area contributed by atoms with Crippen molar-refractivity contribution >= 4 is 5.97 Å². The smallest absolute Gasteiger partial charge is 0.324 e. The van der Waals surface area contributed by atoms with Crippen molar-refractivity contribution in [2.24, 2.45) is 5.73 Å². The lowest BCUT2D eigenvalue weighted by Crippen LogP contribution is -2.34. The Morgan fingerprint density at radius 1 is 1.53 bits per heavy atom. The van der Waals surface area contributed by atoms with Gasteiger partial charge in [-0.1, -0.05) is 6.07 Å². The molecule has 3 N–H and O–H groups in total. The van der Waals surface area contributed by atoms with E-state index in [-0.39, 0.29) is 12.0 Å². The monoisotopic (exact) mass is 213 g/mol. The minimum Gasteiger partial charge on any atom is -0.480 e. The van der Waals surface area contributed by atoms with Crippen molar-refractivity contribution in [2.45, 2.75) is 17.9 Å². The zero-order valence-corrected chi connectivity index (χ0v) is 7.71. The molecule has 1 saturated carbocycles. The van der Waals surface area contributed by atoms with Gasteiger partial charge < -0.3 is 10.8 Å². The van der Waals surface area contributed by atoms with Crippen LogP contribution in [0.3, 0.4) is 0 Å². The van der Waals surface area contributed by atoms with E-state index in [1.54, 1.807) is 0 Å². The number of hydrogen-bond acceptors (Lipinski definition) is 2. The second-order valence-corrected chi connectivity index (χ2v) is 3.77. The molecule has 0 spiro atoms. The number of hydrogen-bond donors (Lipinski definition) is 2. The third-order valence-electron chi connectivity index (χ3n) is 2.74. The third-order valence-corrected chi connectivity index (χ3v) is 2.74. The maximum absolute atomic E-state index is 13.3. The standard InChI is InChI=1S/C10H9F2NO2/c11-5-1-2-6(8(12)3-5)7-4-10(7,13)9(14)15/h1-3,7H,4,13H2,(H,14,15)/t7-,10+/m1/s1. The van der Waals surface area contributed by atoms with Gasteiger partial charge in [0.15, 0.2) is 0 Å². The van der Waals surface area contributed by atoms with E-state index in [4.69, 9.17) is 10.8 Å². The van der Waals surface area contributed by atoms with Crippen LogP contribution < -0.4 is 5.73 Å². The molecule has 1 aromatic carbocycles. The number of aliphatic carboxylic acids is 1. The SMILES string of the molecule is N[C@@]1(C(=O)O)C[C@@H]1c1ccc(F)cc1F. The van der Waals surface area contributed by atoms with Gasteiger partial charge in [-0.05, 0) is 18.1 Å². The topological polar surface area (TPSA) is 63.3 Å². The third kappa shape index (κ3) is 1.48. The summed E-state index contributed by atoms with van der Waals surface area (Å²) < 4.78 is 25.9. The highest BCUT2D eigenvalue weighted by Crippen LogP contribution is 2.50. The van der Waals surface area contributed by atoms with E-state index in [1.807, 2.05) is 0 Å². The molecule has 0 bridgehead atoms. The van der Waals surface area contributed by atoms with Crippen LogP contribution >= 0.6 is 0 Å². The van der Waals surface area contributed by atoms with Crippen LogP contribution in [0.25, 0.3) is 0 Å². The lowest BCUT2D eigenvalue weighted by atomic mass is 10.1. The van der Waals surface area contributed by atoms with Crippen molar-refractivity contribution in [3.8, 4) is 0 Å². The summed E-state index contributed by atoms with van der Waals surface area (Å²) in [6, 6.07) is 3.07. The molecular formula is C10H9F2NO2. The zero-order valence-electron chi connectivity index (χ0n) is 7.71. The van der Waals surface area contributed by atoms with Crippen LogP contribution in [0.2, 0.25) is 0 Å². The molecule has 0 aliphatic heterocycles. The molecule has 0 amide bonds. The van der Waals surface area contributed by atoms with Gasteiger partial charge in [-0.25, -0.2) is 8.78 Å². The predicted octanol–water partition coefficient (Wildman–Crippen LogP) is 1.23. The maximum Gasteiger partial charge on any atom is 0.324 e. The van der Waals surface area contributed by atoms with Crippen LogP contribution in [0.5, 0.6) is 0 Å².